The van der Waals surface area contributed by atoms with Gasteiger partial charge in [0, 0.05) is 31.4 Å². The van der Waals surface area contributed by atoms with Gasteiger partial charge in [0.25, 0.3) is 0 Å². The molecule has 0 spiro atoms. The van der Waals surface area contributed by atoms with Crippen LogP contribution in [0.15, 0.2) is 29.7 Å². The fraction of sp³-hybridized carbons (Fsp3) is 0.538. The number of aromatic nitrogens is 1. The van der Waals surface area contributed by atoms with Crippen LogP contribution in [0.25, 0.3) is 0 Å². The first-order chi connectivity index (χ1) is 8.67. The third kappa shape index (κ3) is 4.71. The van der Waals surface area contributed by atoms with Crippen LogP contribution in [0.3, 0.4) is 0 Å². The normalized spacial score (nSPS) is 13.8. The predicted octanol–water partition coefficient (Wildman–Crippen LogP) is 1.47. The highest BCUT2D eigenvalue weighted by Gasteiger charge is 2.14. The molecule has 0 aromatic carbocycles. The van der Waals surface area contributed by atoms with E-state index in [-0.39, 0.29) is 5.84 Å². The SMILES string of the molecule is CCC(CC(N)=NO)N(C)CCc1ccncc1. The molecule has 1 rings (SSSR count). The Kier molecular flexibility index (Phi) is 6.14. The Morgan fingerprint density at radius 1 is 1.50 bits per heavy atom. The van der Waals surface area contributed by atoms with Gasteiger partial charge in [-0.3, -0.25) is 4.98 Å². The molecule has 1 aromatic heterocycles. The number of oxime groups is 1. The number of hydrogen-bond donors (Lipinski definition) is 2. The molecule has 5 heteroatoms. The minimum Gasteiger partial charge on any atom is -0.409 e. The molecule has 0 bridgehead atoms. The second-order valence-corrected chi connectivity index (χ2v) is 4.44. The number of likely N-dealkylation sites (N-methyl/N-ethyl adjacent to an activating group) is 1. The molecule has 0 aliphatic carbocycles. The van der Waals surface area contributed by atoms with E-state index in [1.807, 2.05) is 24.5 Å². The maximum atomic E-state index is 8.61. The van der Waals surface area contributed by atoms with Gasteiger partial charge >= 0.3 is 0 Å². The summed E-state index contributed by atoms with van der Waals surface area (Å²) in [6.45, 7) is 3.06. The van der Waals surface area contributed by atoms with Crippen LogP contribution in [0, 0.1) is 0 Å². The van der Waals surface area contributed by atoms with Gasteiger partial charge in [-0.25, -0.2) is 0 Å². The molecule has 0 saturated carbocycles. The predicted molar refractivity (Wildman–Crippen MR) is 72.7 cm³/mol. The van der Waals surface area contributed by atoms with Gasteiger partial charge in [-0.15, -0.1) is 0 Å². The summed E-state index contributed by atoms with van der Waals surface area (Å²) in [6, 6.07) is 4.36. The maximum absolute atomic E-state index is 8.61. The Morgan fingerprint density at radius 2 is 2.17 bits per heavy atom. The number of nitrogens with two attached hydrogens (primary N) is 1. The number of nitrogens with zero attached hydrogens (tertiary/aromatic N) is 3. The van der Waals surface area contributed by atoms with E-state index in [1.165, 1.54) is 5.56 Å². The molecule has 3 N–H and O–H groups in total. The van der Waals surface area contributed by atoms with Crippen molar-refractivity contribution >= 4 is 5.84 Å². The second kappa shape index (κ2) is 7.66. The lowest BCUT2D eigenvalue weighted by molar-refractivity contribution is 0.240. The van der Waals surface area contributed by atoms with Crippen molar-refractivity contribution in [3.8, 4) is 0 Å². The van der Waals surface area contributed by atoms with Crippen molar-refractivity contribution in [1.82, 2.24) is 9.88 Å². The van der Waals surface area contributed by atoms with Gasteiger partial charge in [0.15, 0.2) is 0 Å². The molecule has 5 nitrogen and oxygen atoms in total. The minimum atomic E-state index is 0.289. The Morgan fingerprint density at radius 3 is 2.72 bits per heavy atom. The average molecular weight is 250 g/mol. The zero-order valence-corrected chi connectivity index (χ0v) is 11.1. The lowest BCUT2D eigenvalue weighted by Crippen LogP contribution is -2.36. The van der Waals surface area contributed by atoms with E-state index in [0.29, 0.717) is 12.5 Å². The fourth-order valence-corrected chi connectivity index (χ4v) is 1.93. The summed E-state index contributed by atoms with van der Waals surface area (Å²) < 4.78 is 0. The number of rotatable bonds is 7. The molecule has 1 heterocycles. The van der Waals surface area contributed by atoms with Crippen LogP contribution in [0.2, 0.25) is 0 Å². The standard InChI is InChI=1S/C13H22N4O/c1-3-12(10-13(14)16-18)17(2)9-6-11-4-7-15-8-5-11/h4-5,7-8,12,18H,3,6,9-10H2,1-2H3,(H2,14,16). The zero-order valence-electron chi connectivity index (χ0n) is 11.1. The van der Waals surface area contributed by atoms with Crippen LogP contribution >= 0.6 is 0 Å². The van der Waals surface area contributed by atoms with Crippen molar-refractivity contribution in [2.75, 3.05) is 13.6 Å². The molecule has 1 atom stereocenters. The van der Waals surface area contributed by atoms with Crippen molar-refractivity contribution in [1.29, 1.82) is 0 Å². The third-order valence-electron chi connectivity index (χ3n) is 3.17. The Hall–Kier alpha value is -1.62. The van der Waals surface area contributed by atoms with Crippen molar-refractivity contribution in [2.24, 2.45) is 10.9 Å². The molecule has 1 unspecified atom stereocenters. The summed E-state index contributed by atoms with van der Waals surface area (Å²) in [7, 11) is 2.07. The smallest absolute Gasteiger partial charge is 0.140 e. The number of hydrogen-bond acceptors (Lipinski definition) is 4. The molecule has 100 valence electrons. The Bertz CT molecular complexity index is 367. The summed E-state index contributed by atoms with van der Waals surface area (Å²) in [5.74, 6) is 0.289. The van der Waals surface area contributed by atoms with Crippen molar-refractivity contribution in [3.63, 3.8) is 0 Å². The third-order valence-corrected chi connectivity index (χ3v) is 3.17. The molecule has 0 aliphatic heterocycles. The molecule has 0 aliphatic rings. The molecule has 0 radical (unpaired) electrons. The van der Waals surface area contributed by atoms with Gasteiger partial charge in [0.05, 0.1) is 0 Å². The van der Waals surface area contributed by atoms with E-state index in [9.17, 15) is 0 Å². The van der Waals surface area contributed by atoms with Crippen molar-refractivity contribution in [3.05, 3.63) is 30.1 Å². The molecule has 0 amide bonds. The van der Waals surface area contributed by atoms with Crippen LogP contribution in [0.5, 0.6) is 0 Å². The number of pyridine rings is 1. The highest BCUT2D eigenvalue weighted by molar-refractivity contribution is 5.80. The van der Waals surface area contributed by atoms with Crippen molar-refractivity contribution < 1.29 is 5.21 Å². The first kappa shape index (κ1) is 14.4. The first-order valence-corrected chi connectivity index (χ1v) is 6.23. The van der Waals surface area contributed by atoms with Crippen LogP contribution in [-0.2, 0) is 6.42 Å². The highest BCUT2D eigenvalue weighted by Crippen LogP contribution is 2.08. The topological polar surface area (TPSA) is 74.7 Å². The maximum Gasteiger partial charge on any atom is 0.140 e. The van der Waals surface area contributed by atoms with Crippen molar-refractivity contribution in [2.45, 2.75) is 32.2 Å². The number of amidine groups is 1. The van der Waals surface area contributed by atoms with Gasteiger partial charge in [-0.1, -0.05) is 12.1 Å². The molecule has 18 heavy (non-hydrogen) atoms. The highest BCUT2D eigenvalue weighted by atomic mass is 16.4. The molecular weight excluding hydrogens is 228 g/mol. The monoisotopic (exact) mass is 250 g/mol. The minimum absolute atomic E-state index is 0.289. The van der Waals surface area contributed by atoms with E-state index in [1.54, 1.807) is 0 Å². The molecule has 0 fully saturated rings. The lowest BCUT2D eigenvalue weighted by atomic mass is 10.1. The van der Waals surface area contributed by atoms with E-state index in [4.69, 9.17) is 10.9 Å². The van der Waals surface area contributed by atoms with Gasteiger partial charge < -0.3 is 15.8 Å². The van der Waals surface area contributed by atoms with Gasteiger partial charge in [-0.05, 0) is 37.6 Å². The van der Waals surface area contributed by atoms with Gasteiger partial charge in [0.2, 0.25) is 0 Å². The molecule has 1 aromatic rings. The van der Waals surface area contributed by atoms with Crippen LogP contribution in [0.4, 0.5) is 0 Å². The van der Waals surface area contributed by atoms with Crippen LogP contribution in [0.1, 0.15) is 25.3 Å². The Labute approximate surface area is 108 Å². The quantitative estimate of drug-likeness (QED) is 0.332. The fourth-order valence-electron chi connectivity index (χ4n) is 1.93. The zero-order chi connectivity index (χ0) is 13.4. The van der Waals surface area contributed by atoms with Crippen LogP contribution < -0.4 is 5.73 Å². The molecule has 0 saturated heterocycles. The first-order valence-electron chi connectivity index (χ1n) is 6.23. The second-order valence-electron chi connectivity index (χ2n) is 4.44. The summed E-state index contributed by atoms with van der Waals surface area (Å²) in [6.07, 6.45) is 6.17. The summed E-state index contributed by atoms with van der Waals surface area (Å²) >= 11 is 0. The average Bonchev–Trinajstić information content (AvgIpc) is 2.42. The van der Waals surface area contributed by atoms with E-state index >= 15 is 0 Å². The van der Waals surface area contributed by atoms with E-state index in [0.717, 1.165) is 19.4 Å². The van der Waals surface area contributed by atoms with Gasteiger partial charge in [-0.2, -0.15) is 0 Å². The summed E-state index contributed by atoms with van der Waals surface area (Å²) in [5.41, 5.74) is 6.83. The summed E-state index contributed by atoms with van der Waals surface area (Å²) in [5, 5.41) is 11.6. The van der Waals surface area contributed by atoms with Gasteiger partial charge in [0.1, 0.15) is 5.84 Å². The molecular formula is C13H22N4O. The summed E-state index contributed by atoms with van der Waals surface area (Å²) in [4.78, 5) is 6.25. The largest absolute Gasteiger partial charge is 0.409 e. The van der Waals surface area contributed by atoms with Crippen LogP contribution in [-0.4, -0.2) is 40.6 Å². The lowest BCUT2D eigenvalue weighted by Gasteiger charge is -2.26. The Balaban J connectivity index is 2.45. The van der Waals surface area contributed by atoms with E-state index < -0.39 is 0 Å². The van der Waals surface area contributed by atoms with E-state index in [2.05, 4.69) is 29.0 Å².